The van der Waals surface area contributed by atoms with Gasteiger partial charge in [-0.3, -0.25) is 0 Å². The first kappa shape index (κ1) is 38.9. The number of fused-ring (bicyclic) bond motifs is 2. The molecule has 0 atom stereocenters. The maximum Gasteiger partial charge on any atom is 0.0620 e. The maximum atomic E-state index is 2.57. The van der Waals surface area contributed by atoms with Gasteiger partial charge in [0.15, 0.2) is 0 Å². The van der Waals surface area contributed by atoms with E-state index in [4.69, 9.17) is 0 Å². The van der Waals surface area contributed by atoms with E-state index in [0.29, 0.717) is 0 Å². The SMILES string of the molecule is Cc1ccc(N(c2c(C)cc(C)cc2C)c2c3ccc(C(C)(C)C)cc3c(N(c3ccc(C)cc3)c3c(C)cc(C)cc3C)c3ccc(C(C)(C)C)cc23)cc1. The Balaban J connectivity index is 1.77. The summed E-state index contributed by atoms with van der Waals surface area (Å²) in [6, 6.07) is 42.1. The summed E-state index contributed by atoms with van der Waals surface area (Å²) in [5.41, 5.74) is 19.8. The van der Waals surface area contributed by atoms with Crippen molar-refractivity contribution in [3.05, 3.63) is 165 Å². The molecule has 0 heterocycles. The molecule has 0 aliphatic heterocycles. The van der Waals surface area contributed by atoms with Crippen molar-refractivity contribution in [3.8, 4) is 0 Å². The number of benzene rings is 7. The molecule has 7 rings (SSSR count). The van der Waals surface area contributed by atoms with Crippen LogP contribution in [0, 0.1) is 55.4 Å². The van der Waals surface area contributed by atoms with Crippen LogP contribution in [0.4, 0.5) is 34.1 Å². The summed E-state index contributed by atoms with van der Waals surface area (Å²) >= 11 is 0. The molecular weight excluding hydrogens is 677 g/mol. The van der Waals surface area contributed by atoms with Crippen LogP contribution in [0.3, 0.4) is 0 Å². The third-order valence-electron chi connectivity index (χ3n) is 11.5. The molecule has 0 radical (unpaired) electrons. The van der Waals surface area contributed by atoms with Gasteiger partial charge < -0.3 is 9.80 Å². The summed E-state index contributed by atoms with van der Waals surface area (Å²) in [5.74, 6) is 0. The van der Waals surface area contributed by atoms with E-state index >= 15 is 0 Å². The molecule has 0 aromatic heterocycles. The average Bonchev–Trinajstić information content (AvgIpc) is 3.10. The van der Waals surface area contributed by atoms with Crippen molar-refractivity contribution in [2.75, 3.05) is 9.80 Å². The van der Waals surface area contributed by atoms with E-state index in [2.05, 4.69) is 216 Å². The molecule has 2 nitrogen and oxygen atoms in total. The predicted molar refractivity (Wildman–Crippen MR) is 246 cm³/mol. The van der Waals surface area contributed by atoms with Crippen LogP contribution in [0.15, 0.2) is 109 Å². The molecule has 2 heteroatoms. The summed E-state index contributed by atoms with van der Waals surface area (Å²) in [5, 5.41) is 4.93. The summed E-state index contributed by atoms with van der Waals surface area (Å²) in [7, 11) is 0. The zero-order valence-electron chi connectivity index (χ0n) is 36.3. The van der Waals surface area contributed by atoms with Gasteiger partial charge in [0.2, 0.25) is 0 Å². The van der Waals surface area contributed by atoms with Gasteiger partial charge in [0.05, 0.1) is 22.7 Å². The lowest BCUT2D eigenvalue weighted by molar-refractivity contribution is 0.590. The average molecular weight is 737 g/mol. The van der Waals surface area contributed by atoms with Gasteiger partial charge in [-0.05, 0) is 136 Å². The lowest BCUT2D eigenvalue weighted by Gasteiger charge is -2.36. The Morgan fingerprint density at radius 1 is 0.304 bits per heavy atom. The number of rotatable bonds is 6. The van der Waals surface area contributed by atoms with E-state index in [1.165, 1.54) is 99.9 Å². The maximum absolute atomic E-state index is 2.57. The van der Waals surface area contributed by atoms with Crippen LogP contribution in [0.5, 0.6) is 0 Å². The molecule has 0 N–H and O–H groups in total. The molecule has 7 aromatic rings. The van der Waals surface area contributed by atoms with Gasteiger partial charge in [-0.1, -0.05) is 137 Å². The number of hydrogen-bond acceptors (Lipinski definition) is 2. The molecule has 56 heavy (non-hydrogen) atoms. The predicted octanol–water partition coefficient (Wildman–Crippen LogP) is 16.0. The third-order valence-corrected chi connectivity index (χ3v) is 11.5. The molecule has 0 amide bonds. The van der Waals surface area contributed by atoms with E-state index in [-0.39, 0.29) is 10.8 Å². The first-order valence-corrected chi connectivity index (χ1v) is 20.3. The second-order valence-corrected chi connectivity index (χ2v) is 18.6. The molecule has 0 bridgehead atoms. The quantitative estimate of drug-likeness (QED) is 0.124. The van der Waals surface area contributed by atoms with Crippen molar-refractivity contribution in [3.63, 3.8) is 0 Å². The molecule has 286 valence electrons. The summed E-state index contributed by atoms with van der Waals surface area (Å²) < 4.78 is 0. The van der Waals surface area contributed by atoms with Crippen molar-refractivity contribution in [2.24, 2.45) is 0 Å². The fourth-order valence-corrected chi connectivity index (χ4v) is 8.78. The van der Waals surface area contributed by atoms with E-state index < -0.39 is 0 Å². The third kappa shape index (κ3) is 7.11. The fraction of sp³-hybridized carbons (Fsp3) is 0.296. The summed E-state index contributed by atoms with van der Waals surface area (Å²) in [6.45, 7) is 31.8. The minimum absolute atomic E-state index is 0.0537. The lowest BCUT2D eigenvalue weighted by Crippen LogP contribution is -2.18. The van der Waals surface area contributed by atoms with E-state index in [0.717, 1.165) is 11.4 Å². The highest BCUT2D eigenvalue weighted by Gasteiger charge is 2.30. The van der Waals surface area contributed by atoms with Crippen LogP contribution < -0.4 is 9.80 Å². The van der Waals surface area contributed by atoms with Crippen LogP contribution in [0.1, 0.15) is 97.2 Å². The smallest absolute Gasteiger partial charge is 0.0620 e. The minimum atomic E-state index is -0.0537. The highest BCUT2D eigenvalue weighted by molar-refractivity contribution is 6.24. The van der Waals surface area contributed by atoms with Gasteiger partial charge in [0.1, 0.15) is 0 Å². The van der Waals surface area contributed by atoms with E-state index in [1.807, 2.05) is 0 Å². The fourth-order valence-electron chi connectivity index (χ4n) is 8.78. The van der Waals surface area contributed by atoms with Crippen LogP contribution in [-0.4, -0.2) is 0 Å². The number of hydrogen-bond donors (Lipinski definition) is 0. The molecule has 7 aromatic carbocycles. The van der Waals surface area contributed by atoms with Crippen molar-refractivity contribution < 1.29 is 0 Å². The van der Waals surface area contributed by atoms with Crippen LogP contribution in [0.25, 0.3) is 21.5 Å². The monoisotopic (exact) mass is 736 g/mol. The van der Waals surface area contributed by atoms with Crippen LogP contribution in [-0.2, 0) is 10.8 Å². The van der Waals surface area contributed by atoms with Crippen molar-refractivity contribution in [1.82, 2.24) is 0 Å². The number of nitrogens with zero attached hydrogens (tertiary/aromatic N) is 2. The highest BCUT2D eigenvalue weighted by Crippen LogP contribution is 2.54. The van der Waals surface area contributed by atoms with Gasteiger partial charge in [-0.25, -0.2) is 0 Å². The van der Waals surface area contributed by atoms with E-state index in [9.17, 15) is 0 Å². The number of anilines is 6. The zero-order valence-corrected chi connectivity index (χ0v) is 36.3. The largest absolute Gasteiger partial charge is 0.309 e. The first-order chi connectivity index (χ1) is 26.3. The molecule has 0 spiro atoms. The second-order valence-electron chi connectivity index (χ2n) is 18.6. The first-order valence-electron chi connectivity index (χ1n) is 20.3. The molecule has 0 aliphatic carbocycles. The Labute approximate surface area is 336 Å². The van der Waals surface area contributed by atoms with Crippen molar-refractivity contribution in [2.45, 2.75) is 108 Å². The van der Waals surface area contributed by atoms with Crippen LogP contribution >= 0.6 is 0 Å². The Bertz CT molecular complexity index is 2380. The van der Waals surface area contributed by atoms with Crippen LogP contribution in [0.2, 0.25) is 0 Å². The minimum Gasteiger partial charge on any atom is -0.309 e. The van der Waals surface area contributed by atoms with Crippen molar-refractivity contribution >= 4 is 55.7 Å². The Hall–Kier alpha value is -5.34. The normalized spacial score (nSPS) is 12.1. The summed E-state index contributed by atoms with van der Waals surface area (Å²) in [4.78, 5) is 5.14. The second kappa shape index (κ2) is 14.3. The van der Waals surface area contributed by atoms with Gasteiger partial charge in [0.25, 0.3) is 0 Å². The lowest BCUT2D eigenvalue weighted by atomic mass is 9.82. The molecule has 0 saturated heterocycles. The molecule has 0 unspecified atom stereocenters. The van der Waals surface area contributed by atoms with Gasteiger partial charge in [-0.15, -0.1) is 0 Å². The molecule has 0 aliphatic rings. The van der Waals surface area contributed by atoms with E-state index in [1.54, 1.807) is 0 Å². The van der Waals surface area contributed by atoms with Gasteiger partial charge in [0, 0.05) is 32.9 Å². The molecular formula is C54H60N2. The zero-order chi connectivity index (χ0) is 40.4. The topological polar surface area (TPSA) is 6.48 Å². The number of aryl methyl sites for hydroxylation is 8. The highest BCUT2D eigenvalue weighted by atomic mass is 15.2. The Morgan fingerprint density at radius 2 is 0.607 bits per heavy atom. The standard InChI is InChI=1S/C54H60N2/c1-33-15-21-43(22-16-33)55(49-37(5)27-35(3)28-38(49)6)51-45-25-19-42(54(12,13)14)32-48(45)52(46-26-20-41(31-47(46)51)53(9,10)11)56(44-23-17-34(2)18-24-44)50-39(7)29-36(4)30-40(50)8/h15-32H,1-14H3. The Morgan fingerprint density at radius 3 is 0.893 bits per heavy atom. The molecule has 0 fully saturated rings. The Kier molecular flexibility index (Phi) is 9.94. The summed E-state index contributed by atoms with van der Waals surface area (Å²) in [6.07, 6.45) is 0. The van der Waals surface area contributed by atoms with Gasteiger partial charge >= 0.3 is 0 Å². The van der Waals surface area contributed by atoms with Gasteiger partial charge in [-0.2, -0.15) is 0 Å². The van der Waals surface area contributed by atoms with Crippen molar-refractivity contribution in [1.29, 1.82) is 0 Å². The molecule has 0 saturated carbocycles.